The zero-order chi connectivity index (χ0) is 13.7. The smallest absolute Gasteiger partial charge is 0.408 e. The van der Waals surface area contributed by atoms with Crippen LogP contribution in [-0.4, -0.2) is 30.4 Å². The normalized spacial score (nSPS) is 38.1. The number of hydrogen-bond donors (Lipinski definition) is 1. The molecule has 4 aliphatic rings. The Morgan fingerprint density at radius 2 is 1.79 bits per heavy atom. The second kappa shape index (κ2) is 4.11. The number of hydrogen-bond acceptors (Lipinski definition) is 3. The molecule has 1 saturated heterocycles. The third-order valence-electron chi connectivity index (χ3n) is 4.92. The molecule has 0 spiro atoms. The summed E-state index contributed by atoms with van der Waals surface area (Å²) in [6.45, 7) is 7.53. The minimum absolute atomic E-state index is 0.0562. The molecule has 2 bridgehead atoms. The van der Waals surface area contributed by atoms with Crippen LogP contribution in [0.2, 0.25) is 0 Å². The Kier molecular flexibility index (Phi) is 2.86. The molecule has 0 radical (unpaired) electrons. The maximum Gasteiger partial charge on any atom is 0.408 e. The molecule has 0 unspecified atom stereocenters. The molecule has 0 aromatic rings. The van der Waals surface area contributed by atoms with Gasteiger partial charge in [-0.2, -0.15) is 0 Å². The third kappa shape index (κ3) is 2.35. The van der Waals surface area contributed by atoms with E-state index in [-0.39, 0.29) is 11.6 Å². The Hall–Kier alpha value is -0.770. The van der Waals surface area contributed by atoms with Crippen LogP contribution in [0.5, 0.6) is 0 Å². The van der Waals surface area contributed by atoms with Crippen molar-refractivity contribution in [2.75, 3.05) is 13.2 Å². The molecule has 0 aromatic heterocycles. The zero-order valence-electron chi connectivity index (χ0n) is 12.3. The van der Waals surface area contributed by atoms with Crippen molar-refractivity contribution in [2.24, 2.45) is 11.3 Å². The van der Waals surface area contributed by atoms with Crippen molar-refractivity contribution in [3.63, 3.8) is 0 Å². The van der Waals surface area contributed by atoms with E-state index in [2.05, 4.69) is 5.32 Å². The summed E-state index contributed by atoms with van der Waals surface area (Å²) < 4.78 is 10.8. The van der Waals surface area contributed by atoms with Gasteiger partial charge in [0, 0.05) is 18.8 Å². The predicted octanol–water partition coefficient (Wildman–Crippen LogP) is 2.86. The molecule has 19 heavy (non-hydrogen) atoms. The second-order valence-electron chi connectivity index (χ2n) is 7.69. The molecule has 1 aliphatic heterocycles. The van der Waals surface area contributed by atoms with E-state index in [1.807, 2.05) is 20.8 Å². The molecule has 1 N–H and O–H groups in total. The summed E-state index contributed by atoms with van der Waals surface area (Å²) in [5.41, 5.74) is 0.158. The highest BCUT2D eigenvalue weighted by Crippen LogP contribution is 2.71. The Morgan fingerprint density at radius 1 is 1.21 bits per heavy atom. The first-order chi connectivity index (χ1) is 8.83. The van der Waals surface area contributed by atoms with Gasteiger partial charge in [-0.25, -0.2) is 4.79 Å². The molecule has 4 fully saturated rings. The van der Waals surface area contributed by atoms with E-state index in [0.717, 1.165) is 38.4 Å². The van der Waals surface area contributed by atoms with Crippen LogP contribution in [0, 0.1) is 11.3 Å². The Balaban J connectivity index is 1.48. The highest BCUT2D eigenvalue weighted by atomic mass is 16.6. The summed E-state index contributed by atoms with van der Waals surface area (Å²) in [4.78, 5) is 11.8. The van der Waals surface area contributed by atoms with E-state index in [4.69, 9.17) is 9.47 Å². The van der Waals surface area contributed by atoms with E-state index in [0.29, 0.717) is 5.41 Å². The van der Waals surface area contributed by atoms with Gasteiger partial charge in [-0.15, -0.1) is 0 Å². The standard InChI is InChI=1S/C15H25NO3/c1-13(2,3)19-12(17)16-15-8-14(9-15,10-15)11-4-6-18-7-5-11/h11H,4-10H2,1-3H3,(H,16,17). The number of rotatable bonds is 2. The average molecular weight is 267 g/mol. The fourth-order valence-electron chi connectivity index (χ4n) is 4.26. The van der Waals surface area contributed by atoms with Crippen LogP contribution < -0.4 is 5.32 Å². The van der Waals surface area contributed by atoms with Gasteiger partial charge < -0.3 is 14.8 Å². The lowest BCUT2D eigenvalue weighted by Gasteiger charge is -2.73. The largest absolute Gasteiger partial charge is 0.444 e. The summed E-state index contributed by atoms with van der Waals surface area (Å²) >= 11 is 0. The lowest BCUT2D eigenvalue weighted by molar-refractivity contribution is -0.202. The Bertz CT molecular complexity index is 360. The average Bonchev–Trinajstić information content (AvgIpc) is 2.20. The summed E-state index contributed by atoms with van der Waals surface area (Å²) in [6.07, 6.45) is 5.57. The molecule has 3 saturated carbocycles. The Morgan fingerprint density at radius 3 is 2.32 bits per heavy atom. The van der Waals surface area contributed by atoms with Crippen LogP contribution in [-0.2, 0) is 9.47 Å². The summed E-state index contributed by atoms with van der Waals surface area (Å²) in [5, 5.41) is 3.09. The van der Waals surface area contributed by atoms with Crippen LogP contribution >= 0.6 is 0 Å². The number of nitrogens with one attached hydrogen (secondary N) is 1. The number of carbonyl (C=O) groups excluding carboxylic acids is 1. The van der Waals surface area contributed by atoms with Crippen molar-refractivity contribution in [1.82, 2.24) is 5.32 Å². The lowest BCUT2D eigenvalue weighted by atomic mass is 9.35. The highest BCUT2D eigenvalue weighted by Gasteiger charge is 2.70. The van der Waals surface area contributed by atoms with Crippen LogP contribution in [0.15, 0.2) is 0 Å². The van der Waals surface area contributed by atoms with Crippen molar-refractivity contribution >= 4 is 6.09 Å². The fourth-order valence-corrected chi connectivity index (χ4v) is 4.26. The van der Waals surface area contributed by atoms with Gasteiger partial charge >= 0.3 is 6.09 Å². The summed E-state index contributed by atoms with van der Waals surface area (Å²) in [6, 6.07) is 0. The van der Waals surface area contributed by atoms with E-state index < -0.39 is 5.60 Å². The molecule has 1 amide bonds. The van der Waals surface area contributed by atoms with Gasteiger partial charge in [0.25, 0.3) is 0 Å². The number of ether oxygens (including phenoxy) is 2. The van der Waals surface area contributed by atoms with Gasteiger partial charge in [-0.1, -0.05) is 0 Å². The SMILES string of the molecule is CC(C)(C)OC(=O)NC12CC(C3CCOCC3)(C1)C2. The first kappa shape index (κ1) is 13.2. The molecule has 4 heteroatoms. The molecule has 3 aliphatic carbocycles. The number of alkyl carbamates (subject to hydrolysis) is 1. The van der Waals surface area contributed by atoms with Gasteiger partial charge in [0.2, 0.25) is 0 Å². The van der Waals surface area contributed by atoms with Gasteiger partial charge in [-0.3, -0.25) is 0 Å². The number of carbonyl (C=O) groups is 1. The van der Waals surface area contributed by atoms with E-state index in [1.165, 1.54) is 12.8 Å². The second-order valence-corrected chi connectivity index (χ2v) is 7.69. The summed E-state index contributed by atoms with van der Waals surface area (Å²) in [7, 11) is 0. The molecule has 0 aromatic carbocycles. The Labute approximate surface area is 115 Å². The maximum atomic E-state index is 11.8. The fraction of sp³-hybridized carbons (Fsp3) is 0.933. The zero-order valence-corrected chi connectivity index (χ0v) is 12.3. The highest BCUT2D eigenvalue weighted by molar-refractivity contribution is 5.70. The summed E-state index contributed by atoms with van der Waals surface area (Å²) in [5.74, 6) is 0.809. The minimum Gasteiger partial charge on any atom is -0.444 e. The first-order valence-electron chi connectivity index (χ1n) is 7.42. The van der Waals surface area contributed by atoms with E-state index >= 15 is 0 Å². The van der Waals surface area contributed by atoms with Crippen molar-refractivity contribution < 1.29 is 14.3 Å². The van der Waals surface area contributed by atoms with Crippen molar-refractivity contribution in [1.29, 1.82) is 0 Å². The van der Waals surface area contributed by atoms with E-state index in [9.17, 15) is 4.79 Å². The minimum atomic E-state index is -0.411. The molecule has 0 atom stereocenters. The van der Waals surface area contributed by atoms with Crippen molar-refractivity contribution in [3.05, 3.63) is 0 Å². The quantitative estimate of drug-likeness (QED) is 0.837. The molecular weight excluding hydrogens is 242 g/mol. The monoisotopic (exact) mass is 267 g/mol. The first-order valence-corrected chi connectivity index (χ1v) is 7.42. The predicted molar refractivity (Wildman–Crippen MR) is 71.9 cm³/mol. The molecule has 108 valence electrons. The maximum absolute atomic E-state index is 11.8. The van der Waals surface area contributed by atoms with Crippen LogP contribution in [0.25, 0.3) is 0 Å². The molecule has 1 heterocycles. The van der Waals surface area contributed by atoms with Crippen molar-refractivity contribution in [2.45, 2.75) is 64.0 Å². The van der Waals surface area contributed by atoms with Crippen molar-refractivity contribution in [3.8, 4) is 0 Å². The topological polar surface area (TPSA) is 47.6 Å². The van der Waals surface area contributed by atoms with Gasteiger partial charge in [0.15, 0.2) is 0 Å². The van der Waals surface area contributed by atoms with Crippen LogP contribution in [0.1, 0.15) is 52.9 Å². The molecule has 4 nitrogen and oxygen atoms in total. The van der Waals surface area contributed by atoms with Gasteiger partial charge in [-0.05, 0) is 64.2 Å². The molecule has 4 rings (SSSR count). The van der Waals surface area contributed by atoms with Gasteiger partial charge in [0.1, 0.15) is 5.60 Å². The van der Waals surface area contributed by atoms with E-state index in [1.54, 1.807) is 0 Å². The number of amides is 1. The lowest BCUT2D eigenvalue weighted by Crippen LogP contribution is -2.77. The van der Waals surface area contributed by atoms with Gasteiger partial charge in [0.05, 0.1) is 0 Å². The van der Waals surface area contributed by atoms with Crippen LogP contribution in [0.3, 0.4) is 0 Å². The van der Waals surface area contributed by atoms with Crippen LogP contribution in [0.4, 0.5) is 4.79 Å². The third-order valence-corrected chi connectivity index (χ3v) is 4.92. The molecular formula is C15H25NO3.